The Hall–Kier alpha value is -1.47. The molecule has 2 radical (unpaired) electrons. The predicted molar refractivity (Wildman–Crippen MR) is 41.8 cm³/mol. The SMILES string of the molecule is [B]OC(=O)c1ncnn1CC(C)(F)F. The van der Waals surface area contributed by atoms with Gasteiger partial charge in [-0.3, -0.25) is 0 Å². The van der Waals surface area contributed by atoms with Crippen molar-refractivity contribution in [3.8, 4) is 0 Å². The Morgan fingerprint density at radius 3 is 2.93 bits per heavy atom. The Bertz CT molecular complexity index is 336. The highest BCUT2D eigenvalue weighted by Crippen LogP contribution is 2.14. The van der Waals surface area contributed by atoms with Crippen molar-refractivity contribution in [2.75, 3.05) is 0 Å². The fourth-order valence-electron chi connectivity index (χ4n) is 0.854. The van der Waals surface area contributed by atoms with Gasteiger partial charge >= 0.3 is 14.0 Å². The van der Waals surface area contributed by atoms with Crippen molar-refractivity contribution in [3.05, 3.63) is 12.2 Å². The second-order valence-corrected chi connectivity index (χ2v) is 2.72. The highest BCUT2D eigenvalue weighted by Gasteiger charge is 2.26. The number of aromatic nitrogens is 3. The summed E-state index contributed by atoms with van der Waals surface area (Å²) >= 11 is 0. The van der Waals surface area contributed by atoms with E-state index in [0.29, 0.717) is 6.92 Å². The van der Waals surface area contributed by atoms with Gasteiger partial charge in [0, 0.05) is 6.92 Å². The smallest absolute Gasteiger partial charge is 0.379 e. The van der Waals surface area contributed by atoms with Crippen LogP contribution in [0, 0.1) is 0 Å². The van der Waals surface area contributed by atoms with E-state index in [4.69, 9.17) is 0 Å². The molecule has 0 saturated carbocycles. The van der Waals surface area contributed by atoms with Crippen LogP contribution in [0.15, 0.2) is 6.33 Å². The number of nitrogens with zero attached hydrogens (tertiary/aromatic N) is 3. The standard InChI is InChI=1S/C6H6BF2N3O2/c1-6(8,9)2-12-4(5(13)14-7)10-3-11-12/h3H,2H2,1H3. The van der Waals surface area contributed by atoms with Gasteiger partial charge in [-0.15, -0.1) is 0 Å². The zero-order valence-corrected chi connectivity index (χ0v) is 7.28. The summed E-state index contributed by atoms with van der Waals surface area (Å²) in [6.45, 7) is -0.0519. The largest absolute Gasteiger partial charge is 0.538 e. The van der Waals surface area contributed by atoms with Crippen molar-refractivity contribution in [2.45, 2.75) is 19.4 Å². The highest BCUT2D eigenvalue weighted by molar-refractivity contribution is 6.08. The maximum atomic E-state index is 12.6. The molecule has 1 rings (SSSR count). The minimum Gasteiger partial charge on any atom is -0.538 e. The first kappa shape index (κ1) is 10.6. The maximum absolute atomic E-state index is 12.6. The lowest BCUT2D eigenvalue weighted by Gasteiger charge is -2.10. The summed E-state index contributed by atoms with van der Waals surface area (Å²) < 4.78 is 29.7. The molecule has 1 heterocycles. The van der Waals surface area contributed by atoms with Crippen LogP contribution in [-0.2, 0) is 11.2 Å². The molecule has 0 aliphatic carbocycles. The molecule has 5 nitrogen and oxygen atoms in total. The van der Waals surface area contributed by atoms with E-state index >= 15 is 0 Å². The molecule has 0 unspecified atom stereocenters. The Morgan fingerprint density at radius 2 is 2.43 bits per heavy atom. The van der Waals surface area contributed by atoms with Gasteiger partial charge in [0.2, 0.25) is 5.82 Å². The molecule has 0 aliphatic rings. The van der Waals surface area contributed by atoms with Gasteiger partial charge in [0.1, 0.15) is 12.9 Å². The fraction of sp³-hybridized carbons (Fsp3) is 0.500. The Morgan fingerprint density at radius 1 is 1.79 bits per heavy atom. The molecular weight excluding hydrogens is 195 g/mol. The van der Waals surface area contributed by atoms with E-state index in [0.717, 1.165) is 11.0 Å². The van der Waals surface area contributed by atoms with E-state index < -0.39 is 18.4 Å². The molecule has 0 fully saturated rings. The molecule has 0 saturated heterocycles. The second kappa shape index (κ2) is 3.73. The molecule has 1 aromatic rings. The van der Waals surface area contributed by atoms with E-state index in [-0.39, 0.29) is 5.82 Å². The van der Waals surface area contributed by atoms with Gasteiger partial charge in [0.15, 0.2) is 0 Å². The Kier molecular flexibility index (Phi) is 2.83. The molecule has 14 heavy (non-hydrogen) atoms. The van der Waals surface area contributed by atoms with Crippen molar-refractivity contribution < 1.29 is 18.2 Å². The van der Waals surface area contributed by atoms with Crippen LogP contribution >= 0.6 is 0 Å². The van der Waals surface area contributed by atoms with E-state index in [9.17, 15) is 13.6 Å². The third-order valence-corrected chi connectivity index (χ3v) is 1.33. The monoisotopic (exact) mass is 201 g/mol. The molecule has 0 atom stereocenters. The number of rotatable bonds is 3. The third kappa shape index (κ3) is 2.51. The molecule has 0 bridgehead atoms. The van der Waals surface area contributed by atoms with Crippen molar-refractivity contribution >= 4 is 14.0 Å². The molecule has 8 heteroatoms. The minimum absolute atomic E-state index is 0.353. The van der Waals surface area contributed by atoms with Crippen LogP contribution in [0.4, 0.5) is 8.78 Å². The van der Waals surface area contributed by atoms with Gasteiger partial charge in [-0.2, -0.15) is 5.10 Å². The quantitative estimate of drug-likeness (QED) is 0.654. The van der Waals surface area contributed by atoms with Gasteiger partial charge < -0.3 is 4.65 Å². The molecule has 74 valence electrons. The van der Waals surface area contributed by atoms with E-state index in [1.165, 1.54) is 0 Å². The molecule has 0 amide bonds. The zero-order chi connectivity index (χ0) is 10.8. The van der Waals surface area contributed by atoms with Crippen LogP contribution in [0.1, 0.15) is 17.5 Å². The van der Waals surface area contributed by atoms with Crippen molar-refractivity contribution in [1.82, 2.24) is 14.8 Å². The number of halogens is 2. The van der Waals surface area contributed by atoms with Gasteiger partial charge in [-0.05, 0) is 0 Å². The maximum Gasteiger partial charge on any atom is 0.379 e. The van der Waals surface area contributed by atoms with Crippen molar-refractivity contribution in [3.63, 3.8) is 0 Å². The summed E-state index contributed by atoms with van der Waals surface area (Å²) in [7, 11) is 4.58. The fourth-order valence-corrected chi connectivity index (χ4v) is 0.854. The number of carbonyl (C=O) groups is 1. The van der Waals surface area contributed by atoms with E-state index in [1.54, 1.807) is 0 Å². The Labute approximate surface area is 79.5 Å². The first-order valence-corrected chi connectivity index (χ1v) is 3.61. The number of alkyl halides is 2. The van der Waals surface area contributed by atoms with E-state index in [1.807, 2.05) is 0 Å². The first-order valence-electron chi connectivity index (χ1n) is 3.61. The summed E-state index contributed by atoms with van der Waals surface area (Å²) in [5, 5.41) is 3.44. The molecular formula is C6H6BF2N3O2. The summed E-state index contributed by atoms with van der Waals surface area (Å²) in [5.74, 6) is -4.35. The summed E-state index contributed by atoms with van der Waals surface area (Å²) in [5.41, 5.74) is 0. The van der Waals surface area contributed by atoms with Crippen LogP contribution in [0.2, 0.25) is 0 Å². The summed E-state index contributed by atoms with van der Waals surface area (Å²) in [6.07, 6.45) is 0.970. The molecule has 0 N–H and O–H groups in total. The highest BCUT2D eigenvalue weighted by atomic mass is 19.3. The normalized spacial score (nSPS) is 11.4. The van der Waals surface area contributed by atoms with Crippen LogP contribution in [0.3, 0.4) is 0 Å². The topological polar surface area (TPSA) is 57.0 Å². The third-order valence-electron chi connectivity index (χ3n) is 1.33. The first-order chi connectivity index (χ1) is 6.44. The molecule has 0 spiro atoms. The molecule has 1 aromatic heterocycles. The van der Waals surface area contributed by atoms with Crippen LogP contribution in [0.5, 0.6) is 0 Å². The Balaban J connectivity index is 2.88. The number of carbonyl (C=O) groups excluding carboxylic acids is 1. The van der Waals surface area contributed by atoms with Crippen molar-refractivity contribution in [2.24, 2.45) is 0 Å². The van der Waals surface area contributed by atoms with Crippen molar-refractivity contribution in [1.29, 1.82) is 0 Å². The predicted octanol–water partition coefficient (Wildman–Crippen LogP) is 0.174. The average molecular weight is 201 g/mol. The van der Waals surface area contributed by atoms with Crippen LogP contribution in [-0.4, -0.2) is 34.7 Å². The minimum atomic E-state index is -2.99. The zero-order valence-electron chi connectivity index (χ0n) is 7.28. The average Bonchev–Trinajstić information content (AvgIpc) is 2.48. The summed E-state index contributed by atoms with van der Waals surface area (Å²) in [4.78, 5) is 14.3. The van der Waals surface area contributed by atoms with E-state index in [2.05, 4.69) is 22.8 Å². The van der Waals surface area contributed by atoms with Gasteiger partial charge in [0.25, 0.3) is 5.92 Å². The van der Waals surface area contributed by atoms with Gasteiger partial charge in [0.05, 0.1) is 0 Å². The molecule has 0 aromatic carbocycles. The lowest BCUT2D eigenvalue weighted by molar-refractivity contribution is -0.000462. The number of hydrogen-bond acceptors (Lipinski definition) is 4. The lowest BCUT2D eigenvalue weighted by Crippen LogP contribution is -2.24. The second-order valence-electron chi connectivity index (χ2n) is 2.72. The van der Waals surface area contributed by atoms with Gasteiger partial charge in [-0.25, -0.2) is 23.2 Å². The molecule has 0 aliphatic heterocycles. The number of hydrogen-bond donors (Lipinski definition) is 0. The summed E-state index contributed by atoms with van der Waals surface area (Å²) in [6, 6.07) is 0. The lowest BCUT2D eigenvalue weighted by atomic mass is 10.4. The van der Waals surface area contributed by atoms with Gasteiger partial charge in [-0.1, -0.05) is 0 Å². The van der Waals surface area contributed by atoms with Crippen LogP contribution in [0.25, 0.3) is 0 Å². The van der Waals surface area contributed by atoms with Crippen LogP contribution < -0.4 is 0 Å².